The third-order valence-electron chi connectivity index (χ3n) is 15.7. The summed E-state index contributed by atoms with van der Waals surface area (Å²) in [7, 11) is 0. The van der Waals surface area contributed by atoms with Crippen LogP contribution in [0.4, 0.5) is 0 Å². The summed E-state index contributed by atoms with van der Waals surface area (Å²) < 4.78 is 18.4. The van der Waals surface area contributed by atoms with Gasteiger partial charge in [0, 0.05) is 59.9 Å². The highest BCUT2D eigenvalue weighted by Crippen LogP contribution is 2.49. The van der Waals surface area contributed by atoms with Crippen molar-refractivity contribution in [2.45, 2.75) is 0 Å². The van der Waals surface area contributed by atoms with E-state index in [4.69, 9.17) is 23.8 Å². The predicted octanol–water partition coefficient (Wildman–Crippen LogP) is 18.3. The van der Waals surface area contributed by atoms with Gasteiger partial charge in [-0.2, -0.15) is 0 Å². The van der Waals surface area contributed by atoms with E-state index in [-0.39, 0.29) is 0 Å². The normalized spacial score (nSPS) is 12.2. The van der Waals surface area contributed by atoms with Crippen LogP contribution in [-0.2, 0) is 0 Å². The fourth-order valence-corrected chi connectivity index (χ4v) is 12.3. The van der Waals surface area contributed by atoms with E-state index in [1.165, 1.54) is 16.2 Å². The van der Waals surface area contributed by atoms with Gasteiger partial charge >= 0.3 is 0 Å². The molecule has 0 spiro atoms. The van der Waals surface area contributed by atoms with Crippen molar-refractivity contribution in [1.29, 1.82) is 0 Å². The van der Waals surface area contributed by atoms with Gasteiger partial charge in [0.15, 0.2) is 23.1 Å². The molecule has 5 heterocycles. The van der Waals surface area contributed by atoms with Crippen molar-refractivity contribution in [2.75, 3.05) is 0 Å². The van der Waals surface area contributed by atoms with E-state index in [1.54, 1.807) is 0 Å². The first-order valence-electron chi connectivity index (χ1n) is 25.7. The van der Waals surface area contributed by atoms with Crippen molar-refractivity contribution in [2.24, 2.45) is 0 Å². The fraction of sp³-hybridized carbons (Fsp3) is 0. The van der Waals surface area contributed by atoms with Gasteiger partial charge in [-0.1, -0.05) is 158 Å². The first kappa shape index (κ1) is 41.1. The Bertz CT molecular complexity index is 5220. The zero-order valence-electron chi connectivity index (χ0n) is 40.6. The lowest BCUT2D eigenvalue weighted by Crippen LogP contribution is -2.05. The van der Waals surface area contributed by atoms with Crippen LogP contribution in [0.2, 0.25) is 0 Å². The van der Waals surface area contributed by atoms with E-state index < -0.39 is 0 Å². The Balaban J connectivity index is 1.04. The Morgan fingerprint density at radius 3 is 1.50 bits per heavy atom. The highest BCUT2D eigenvalue weighted by molar-refractivity contribution is 6.27. The Hall–Kier alpha value is -10.4. The summed E-state index contributed by atoms with van der Waals surface area (Å²) in [4.78, 5) is 16.8. The van der Waals surface area contributed by atoms with Crippen molar-refractivity contribution < 1.29 is 8.83 Å². The minimum atomic E-state index is 0.519. The van der Waals surface area contributed by atoms with Crippen molar-refractivity contribution in [3.63, 3.8) is 0 Å². The molecule has 352 valence electrons. The molecule has 76 heavy (non-hydrogen) atoms. The minimum Gasteiger partial charge on any atom is -0.456 e. The summed E-state index contributed by atoms with van der Waals surface area (Å²) in [6.45, 7) is 0. The second-order valence-corrected chi connectivity index (χ2v) is 19.9. The molecule has 0 saturated heterocycles. The predicted molar refractivity (Wildman–Crippen MR) is 312 cm³/mol. The van der Waals surface area contributed by atoms with Gasteiger partial charge in [0.1, 0.15) is 22.4 Å². The number of aromatic nitrogens is 5. The van der Waals surface area contributed by atoms with Crippen molar-refractivity contribution >= 4 is 120 Å². The van der Waals surface area contributed by atoms with Gasteiger partial charge < -0.3 is 18.0 Å². The van der Waals surface area contributed by atoms with Gasteiger partial charge in [-0.15, -0.1) is 0 Å². The smallest absolute Gasteiger partial charge is 0.166 e. The summed E-state index contributed by atoms with van der Waals surface area (Å²) in [5, 5.41) is 15.4. The lowest BCUT2D eigenvalue weighted by atomic mass is 9.96. The highest BCUT2D eigenvalue weighted by atomic mass is 16.3. The van der Waals surface area contributed by atoms with E-state index in [1.807, 2.05) is 24.3 Å². The molecular formula is C69H39N5O2. The molecule has 0 bridgehead atoms. The van der Waals surface area contributed by atoms with Crippen LogP contribution in [0.1, 0.15) is 0 Å². The minimum absolute atomic E-state index is 0.519. The van der Waals surface area contributed by atoms with E-state index in [0.29, 0.717) is 17.5 Å². The lowest BCUT2D eigenvalue weighted by molar-refractivity contribution is 0.666. The molecule has 0 radical (unpaired) electrons. The van der Waals surface area contributed by atoms with E-state index >= 15 is 0 Å². The van der Waals surface area contributed by atoms with Crippen LogP contribution in [0.3, 0.4) is 0 Å². The van der Waals surface area contributed by atoms with Gasteiger partial charge in [-0.05, 0) is 111 Å². The maximum Gasteiger partial charge on any atom is 0.166 e. The van der Waals surface area contributed by atoms with E-state index in [9.17, 15) is 0 Å². The number of para-hydroxylation sites is 4. The van der Waals surface area contributed by atoms with Crippen LogP contribution in [0.15, 0.2) is 245 Å². The SMILES string of the molecule is c1ccc(-n2c3ccccc3c3ccc(-c4nc(-c5ccc6oc7ccccc7c6c5)nc(-c5c(-n6c7cc8ccccc8cc7c7cc8ccccc8cc76)c6oc7ccccc7c6c6ccccc56)n4)cc32)cc1. The van der Waals surface area contributed by atoms with Crippen molar-refractivity contribution in [1.82, 2.24) is 24.1 Å². The zero-order chi connectivity index (χ0) is 49.6. The first-order valence-corrected chi connectivity index (χ1v) is 25.7. The standard InChI is InChI=1S/C69H39N5O2/c1-2-20-46(21-3-1)73-56-27-13-10-22-47(56)48-32-30-45(39-57(48)73)68-70-67(44-31-33-62-55(36-44)49-23-11-14-28-60(49)75-62)71-69(72-68)64-51-25-9-8-24-50(51)63-52-26-12-15-29-61(52)76-66(63)65(64)74-58-37-42-18-6-4-16-40(42)34-53(58)54-35-41-17-5-7-19-43(41)38-59(54)74/h1-39H. The zero-order valence-corrected chi connectivity index (χ0v) is 40.6. The van der Waals surface area contributed by atoms with Crippen LogP contribution in [0.5, 0.6) is 0 Å². The van der Waals surface area contributed by atoms with Crippen LogP contribution in [0, 0.1) is 0 Å². The third kappa shape index (κ3) is 5.90. The van der Waals surface area contributed by atoms with Crippen LogP contribution in [0.25, 0.3) is 165 Å². The van der Waals surface area contributed by atoms with Crippen LogP contribution in [-0.4, -0.2) is 24.1 Å². The Morgan fingerprint density at radius 1 is 0.289 bits per heavy atom. The summed E-state index contributed by atoms with van der Waals surface area (Å²) in [6, 6.07) is 83.9. The average molecular weight is 970 g/mol. The topological polar surface area (TPSA) is 74.8 Å². The summed E-state index contributed by atoms with van der Waals surface area (Å²) >= 11 is 0. The van der Waals surface area contributed by atoms with Gasteiger partial charge in [0.05, 0.1) is 27.6 Å². The molecule has 0 aliphatic heterocycles. The molecule has 0 unspecified atom stereocenters. The molecule has 17 rings (SSSR count). The molecule has 0 saturated carbocycles. The molecule has 0 N–H and O–H groups in total. The van der Waals surface area contributed by atoms with Crippen molar-refractivity contribution in [3.8, 4) is 45.5 Å². The number of nitrogens with zero attached hydrogens (tertiary/aromatic N) is 5. The maximum atomic E-state index is 7.29. The first-order chi connectivity index (χ1) is 37.7. The Labute approximate surface area is 432 Å². The fourth-order valence-electron chi connectivity index (χ4n) is 12.3. The lowest BCUT2D eigenvalue weighted by Gasteiger charge is -2.18. The number of rotatable bonds is 5. The molecule has 5 aromatic heterocycles. The molecular weight excluding hydrogens is 931 g/mol. The summed E-state index contributed by atoms with van der Waals surface area (Å²) in [6.07, 6.45) is 0. The van der Waals surface area contributed by atoms with Gasteiger partial charge in [-0.25, -0.2) is 15.0 Å². The number of benzene rings is 12. The maximum absolute atomic E-state index is 7.29. The molecule has 0 atom stereocenters. The van der Waals surface area contributed by atoms with Crippen LogP contribution >= 0.6 is 0 Å². The second kappa shape index (κ2) is 15.6. The summed E-state index contributed by atoms with van der Waals surface area (Å²) in [5.74, 6) is 1.60. The van der Waals surface area contributed by atoms with Gasteiger partial charge in [0.2, 0.25) is 0 Å². The summed E-state index contributed by atoms with van der Waals surface area (Å²) in [5.41, 5.74) is 11.9. The van der Waals surface area contributed by atoms with Crippen LogP contribution < -0.4 is 0 Å². The van der Waals surface area contributed by atoms with Gasteiger partial charge in [-0.3, -0.25) is 0 Å². The largest absolute Gasteiger partial charge is 0.456 e. The Morgan fingerprint density at radius 2 is 0.789 bits per heavy atom. The molecule has 17 aromatic rings. The molecule has 7 heteroatoms. The van der Waals surface area contributed by atoms with Gasteiger partial charge in [0.25, 0.3) is 0 Å². The number of hydrogen-bond donors (Lipinski definition) is 0. The molecule has 0 aliphatic carbocycles. The number of furan rings is 2. The Kier molecular flexibility index (Phi) is 8.43. The molecule has 12 aromatic carbocycles. The third-order valence-corrected chi connectivity index (χ3v) is 15.7. The molecule has 0 amide bonds. The second-order valence-electron chi connectivity index (χ2n) is 19.9. The number of hydrogen-bond acceptors (Lipinski definition) is 5. The monoisotopic (exact) mass is 969 g/mol. The quantitative estimate of drug-likeness (QED) is 0.172. The average Bonchev–Trinajstić information content (AvgIpc) is 4.43. The van der Waals surface area contributed by atoms with Crippen molar-refractivity contribution in [3.05, 3.63) is 237 Å². The molecule has 7 nitrogen and oxygen atoms in total. The molecule has 0 fully saturated rings. The molecule has 0 aliphatic rings. The van der Waals surface area contributed by atoms with E-state index in [2.05, 4.69) is 221 Å². The highest BCUT2D eigenvalue weighted by Gasteiger charge is 2.29. The number of fused-ring (bicyclic) bond motifs is 16. The van der Waals surface area contributed by atoms with E-state index in [0.717, 1.165) is 132 Å².